The molecule has 1 heterocycles. The van der Waals surface area contributed by atoms with E-state index in [1.54, 1.807) is 43.4 Å². The topological polar surface area (TPSA) is 54.0 Å². The first-order chi connectivity index (χ1) is 9.11. The molecule has 0 spiro atoms. The molecule has 1 aromatic heterocycles. The maximum absolute atomic E-state index is 12.1. The van der Waals surface area contributed by atoms with E-state index >= 15 is 0 Å². The van der Waals surface area contributed by atoms with E-state index in [9.17, 15) is 4.79 Å². The highest BCUT2D eigenvalue weighted by Crippen LogP contribution is 2.23. The van der Waals surface area contributed by atoms with Crippen molar-refractivity contribution in [2.75, 3.05) is 17.7 Å². The van der Waals surface area contributed by atoms with E-state index in [-0.39, 0.29) is 10.7 Å². The molecule has 0 aliphatic rings. The largest absolute Gasteiger partial charge is 0.373 e. The fraction of sp³-hybridized carbons (Fsp3) is 0.0769. The summed E-state index contributed by atoms with van der Waals surface area (Å²) in [6.07, 6.45) is 0. The fourth-order valence-corrected chi connectivity index (χ4v) is 1.86. The van der Waals surface area contributed by atoms with Crippen LogP contribution in [0, 0.1) is 0 Å². The number of carbonyl (C=O) groups is 1. The Morgan fingerprint density at radius 1 is 1.11 bits per heavy atom. The minimum atomic E-state index is -0.407. The maximum Gasteiger partial charge on any atom is 0.275 e. The van der Waals surface area contributed by atoms with Crippen molar-refractivity contribution in [3.05, 3.63) is 52.1 Å². The highest BCUT2D eigenvalue weighted by Gasteiger charge is 2.14. The van der Waals surface area contributed by atoms with Gasteiger partial charge in [-0.3, -0.25) is 4.79 Å². The number of anilines is 2. The number of rotatable bonds is 3. The molecule has 0 aliphatic carbocycles. The van der Waals surface area contributed by atoms with E-state index in [0.29, 0.717) is 16.5 Å². The van der Waals surface area contributed by atoms with E-state index in [0.717, 1.165) is 0 Å². The van der Waals surface area contributed by atoms with Gasteiger partial charge in [-0.15, -0.1) is 0 Å². The Hall–Kier alpha value is -1.78. The number of aromatic nitrogens is 1. The summed E-state index contributed by atoms with van der Waals surface area (Å²) in [5, 5.41) is 6.26. The summed E-state index contributed by atoms with van der Waals surface area (Å²) in [5.41, 5.74) is 0.662. The fourth-order valence-electron chi connectivity index (χ4n) is 1.48. The molecular weight excluding hydrogens is 285 g/mol. The molecule has 0 fully saturated rings. The number of carbonyl (C=O) groups excluding carboxylic acids is 1. The summed E-state index contributed by atoms with van der Waals surface area (Å²) in [6, 6.07) is 10.3. The number of benzene rings is 1. The Morgan fingerprint density at radius 3 is 2.53 bits per heavy atom. The highest BCUT2D eigenvalue weighted by atomic mass is 35.5. The number of para-hydroxylation sites is 1. The van der Waals surface area contributed by atoms with Crippen LogP contribution in [0.5, 0.6) is 0 Å². The number of hydrogen-bond donors (Lipinski definition) is 2. The lowest BCUT2D eigenvalue weighted by Gasteiger charge is -2.08. The van der Waals surface area contributed by atoms with Crippen LogP contribution in [0.2, 0.25) is 10.0 Å². The van der Waals surface area contributed by atoms with Gasteiger partial charge in [0.1, 0.15) is 11.5 Å². The Labute approximate surface area is 120 Å². The van der Waals surface area contributed by atoms with Gasteiger partial charge in [0.25, 0.3) is 5.91 Å². The van der Waals surface area contributed by atoms with Crippen molar-refractivity contribution < 1.29 is 4.79 Å². The van der Waals surface area contributed by atoms with Crippen molar-refractivity contribution in [1.82, 2.24) is 4.98 Å². The number of nitrogens with zero attached hydrogens (tertiary/aromatic N) is 1. The van der Waals surface area contributed by atoms with Crippen LogP contribution < -0.4 is 10.6 Å². The molecular formula is C13H11Cl2N3O. The van der Waals surface area contributed by atoms with Gasteiger partial charge in [0.2, 0.25) is 0 Å². The van der Waals surface area contributed by atoms with Crippen LogP contribution in [0.3, 0.4) is 0 Å². The van der Waals surface area contributed by atoms with Gasteiger partial charge in [-0.05, 0) is 24.3 Å². The average molecular weight is 296 g/mol. The van der Waals surface area contributed by atoms with Crippen LogP contribution in [0.1, 0.15) is 10.5 Å². The maximum atomic E-state index is 12.1. The minimum Gasteiger partial charge on any atom is -0.373 e. The van der Waals surface area contributed by atoms with Gasteiger partial charge in [-0.1, -0.05) is 35.3 Å². The summed E-state index contributed by atoms with van der Waals surface area (Å²) in [5.74, 6) is 0.156. The van der Waals surface area contributed by atoms with Gasteiger partial charge in [0.05, 0.1) is 15.7 Å². The quantitative estimate of drug-likeness (QED) is 0.908. The van der Waals surface area contributed by atoms with Crippen molar-refractivity contribution in [3.8, 4) is 0 Å². The first-order valence-corrected chi connectivity index (χ1v) is 6.27. The molecule has 19 heavy (non-hydrogen) atoms. The lowest BCUT2D eigenvalue weighted by atomic mass is 10.3. The third kappa shape index (κ3) is 3.16. The normalized spacial score (nSPS) is 10.1. The van der Waals surface area contributed by atoms with E-state index in [2.05, 4.69) is 15.6 Å². The van der Waals surface area contributed by atoms with Gasteiger partial charge >= 0.3 is 0 Å². The number of nitrogens with one attached hydrogen (secondary N) is 2. The zero-order chi connectivity index (χ0) is 13.8. The zero-order valence-corrected chi connectivity index (χ0v) is 11.6. The Morgan fingerprint density at radius 2 is 1.84 bits per heavy atom. The molecule has 2 N–H and O–H groups in total. The lowest BCUT2D eigenvalue weighted by molar-refractivity contribution is 0.102. The van der Waals surface area contributed by atoms with Crippen LogP contribution in [0.25, 0.3) is 0 Å². The smallest absolute Gasteiger partial charge is 0.275 e. The predicted molar refractivity (Wildman–Crippen MR) is 78.2 cm³/mol. The van der Waals surface area contributed by atoms with Gasteiger partial charge in [0.15, 0.2) is 0 Å². The molecule has 1 aromatic carbocycles. The standard InChI is InChI=1S/C13H11Cl2N3O/c1-16-11-7-6-9(15)12(18-11)13(19)17-10-5-3-2-4-8(10)14/h2-7H,1H3,(H,16,18)(H,17,19). The summed E-state index contributed by atoms with van der Waals surface area (Å²) < 4.78 is 0. The predicted octanol–water partition coefficient (Wildman–Crippen LogP) is 3.68. The second-order valence-electron chi connectivity index (χ2n) is 3.71. The van der Waals surface area contributed by atoms with Crippen LogP contribution in [0.15, 0.2) is 36.4 Å². The van der Waals surface area contributed by atoms with Crippen LogP contribution >= 0.6 is 23.2 Å². The van der Waals surface area contributed by atoms with Crippen molar-refractivity contribution in [2.45, 2.75) is 0 Å². The number of pyridine rings is 1. The molecule has 98 valence electrons. The molecule has 0 atom stereocenters. The molecule has 0 unspecified atom stereocenters. The van der Waals surface area contributed by atoms with Crippen molar-refractivity contribution >= 4 is 40.6 Å². The monoisotopic (exact) mass is 295 g/mol. The molecule has 4 nitrogen and oxygen atoms in total. The molecule has 0 aliphatic heterocycles. The molecule has 0 bridgehead atoms. The number of amides is 1. The van der Waals surface area contributed by atoms with E-state index < -0.39 is 5.91 Å². The van der Waals surface area contributed by atoms with Gasteiger partial charge in [-0.2, -0.15) is 0 Å². The summed E-state index contributed by atoms with van der Waals surface area (Å²) in [7, 11) is 1.71. The van der Waals surface area contributed by atoms with Crippen molar-refractivity contribution in [1.29, 1.82) is 0 Å². The third-order valence-corrected chi connectivity index (χ3v) is 3.07. The Bertz CT molecular complexity index is 617. The van der Waals surface area contributed by atoms with Gasteiger partial charge in [-0.25, -0.2) is 4.98 Å². The Balaban J connectivity index is 2.28. The Kier molecular flexibility index (Phi) is 4.24. The molecule has 6 heteroatoms. The minimum absolute atomic E-state index is 0.147. The summed E-state index contributed by atoms with van der Waals surface area (Å²) in [6.45, 7) is 0. The molecule has 1 amide bonds. The lowest BCUT2D eigenvalue weighted by Crippen LogP contribution is -2.15. The second-order valence-corrected chi connectivity index (χ2v) is 4.53. The van der Waals surface area contributed by atoms with E-state index in [1.807, 2.05) is 0 Å². The average Bonchev–Trinajstić information content (AvgIpc) is 2.42. The van der Waals surface area contributed by atoms with Gasteiger partial charge < -0.3 is 10.6 Å². The second kappa shape index (κ2) is 5.91. The van der Waals surface area contributed by atoms with E-state index in [4.69, 9.17) is 23.2 Å². The van der Waals surface area contributed by atoms with Crippen LogP contribution in [-0.4, -0.2) is 17.9 Å². The van der Waals surface area contributed by atoms with Crippen molar-refractivity contribution in [3.63, 3.8) is 0 Å². The van der Waals surface area contributed by atoms with Crippen LogP contribution in [-0.2, 0) is 0 Å². The highest BCUT2D eigenvalue weighted by molar-refractivity contribution is 6.35. The molecule has 0 saturated carbocycles. The first kappa shape index (κ1) is 13.6. The molecule has 0 radical (unpaired) electrons. The summed E-state index contributed by atoms with van der Waals surface area (Å²) in [4.78, 5) is 16.2. The molecule has 2 aromatic rings. The molecule has 0 saturated heterocycles. The van der Waals surface area contributed by atoms with Gasteiger partial charge in [0, 0.05) is 7.05 Å². The summed E-state index contributed by atoms with van der Waals surface area (Å²) >= 11 is 11.9. The number of halogens is 2. The van der Waals surface area contributed by atoms with E-state index in [1.165, 1.54) is 0 Å². The van der Waals surface area contributed by atoms with Crippen LogP contribution in [0.4, 0.5) is 11.5 Å². The number of hydrogen-bond acceptors (Lipinski definition) is 3. The molecule has 2 rings (SSSR count). The SMILES string of the molecule is CNc1ccc(Cl)c(C(=O)Nc2ccccc2Cl)n1. The third-order valence-electron chi connectivity index (χ3n) is 2.44. The zero-order valence-electron chi connectivity index (χ0n) is 10.1. The van der Waals surface area contributed by atoms with Crippen molar-refractivity contribution in [2.24, 2.45) is 0 Å². The first-order valence-electron chi connectivity index (χ1n) is 5.52.